The first-order valence-corrected chi connectivity index (χ1v) is 9.18. The van der Waals surface area contributed by atoms with Gasteiger partial charge in [0.25, 0.3) is 0 Å². The smallest absolute Gasteiger partial charge is 0.438 e. The molecule has 1 aliphatic rings. The van der Waals surface area contributed by atoms with Gasteiger partial charge in [0.1, 0.15) is 6.61 Å². The average Bonchev–Trinajstić information content (AvgIpc) is 3.14. The molecule has 0 spiro atoms. The highest BCUT2D eigenvalue weighted by Crippen LogP contribution is 2.16. The Bertz CT molecular complexity index is 600. The molecule has 0 bridgehead atoms. The number of H-pyrrole nitrogens is 1. The maximum atomic E-state index is 11.8. The number of aromatic nitrogens is 2. The molecule has 8 nitrogen and oxygen atoms in total. The van der Waals surface area contributed by atoms with E-state index in [-0.39, 0.29) is 12.1 Å². The third-order valence-electron chi connectivity index (χ3n) is 3.65. The lowest BCUT2D eigenvalue weighted by molar-refractivity contribution is 0.159. The molecule has 1 aromatic heterocycles. The summed E-state index contributed by atoms with van der Waals surface area (Å²) in [7, 11) is 0. The Hall–Kier alpha value is -1.74. The van der Waals surface area contributed by atoms with Crippen LogP contribution in [0.15, 0.2) is 21.5 Å². The Labute approximate surface area is 144 Å². The second-order valence-corrected chi connectivity index (χ2v) is 6.68. The zero-order chi connectivity index (χ0) is 17.4. The van der Waals surface area contributed by atoms with Crippen molar-refractivity contribution in [1.82, 2.24) is 15.0 Å². The summed E-state index contributed by atoms with van der Waals surface area (Å²) in [5, 5.41) is 13.2. The van der Waals surface area contributed by atoms with Crippen molar-refractivity contribution in [1.29, 1.82) is 0 Å². The highest BCUT2D eigenvalue weighted by atomic mass is 32.2. The van der Waals surface area contributed by atoms with E-state index in [9.17, 15) is 14.7 Å². The van der Waals surface area contributed by atoms with Crippen LogP contribution in [0.4, 0.5) is 4.79 Å². The van der Waals surface area contributed by atoms with Gasteiger partial charge in [0.15, 0.2) is 5.82 Å². The third kappa shape index (κ3) is 5.72. The first-order valence-electron chi connectivity index (χ1n) is 8.02. The molecule has 0 saturated carbocycles. The van der Waals surface area contributed by atoms with E-state index < -0.39 is 11.9 Å². The maximum absolute atomic E-state index is 11.8. The van der Waals surface area contributed by atoms with Gasteiger partial charge in [0.05, 0.1) is 12.1 Å². The van der Waals surface area contributed by atoms with E-state index in [1.54, 1.807) is 22.7 Å². The number of aliphatic hydroxyl groups excluding tert-OH is 1. The minimum Gasteiger partial charge on any atom is -0.447 e. The van der Waals surface area contributed by atoms with E-state index in [2.05, 4.69) is 14.7 Å². The fraction of sp³-hybridized carbons (Fsp3) is 0.667. The van der Waals surface area contributed by atoms with Gasteiger partial charge < -0.3 is 9.84 Å². The lowest BCUT2D eigenvalue weighted by Crippen LogP contribution is -2.34. The van der Waals surface area contributed by atoms with E-state index in [4.69, 9.17) is 4.74 Å². The van der Waals surface area contributed by atoms with Crippen LogP contribution in [0.3, 0.4) is 0 Å². The lowest BCUT2D eigenvalue weighted by Gasteiger charge is -2.18. The molecule has 1 saturated heterocycles. The van der Waals surface area contributed by atoms with Gasteiger partial charge in [0, 0.05) is 18.7 Å². The van der Waals surface area contributed by atoms with Crippen molar-refractivity contribution in [3.8, 4) is 0 Å². The third-order valence-corrected chi connectivity index (χ3v) is 4.70. The summed E-state index contributed by atoms with van der Waals surface area (Å²) in [6.07, 6.45) is 4.92. The molecule has 1 aliphatic heterocycles. The lowest BCUT2D eigenvalue weighted by atomic mass is 10.2. The molecule has 2 N–H and O–H groups in total. The van der Waals surface area contributed by atoms with Gasteiger partial charge in [-0.1, -0.05) is 24.2 Å². The highest BCUT2D eigenvalue weighted by molar-refractivity contribution is 7.99. The number of carbonyl (C=O) groups is 1. The Balaban J connectivity index is 1.65. The molecule has 1 aromatic rings. The molecule has 2 rings (SSSR count). The topological polar surface area (TPSA) is 109 Å². The summed E-state index contributed by atoms with van der Waals surface area (Å²) in [6, 6.07) is -0.112. The second kappa shape index (κ2) is 9.53. The minimum atomic E-state index is -0.530. The molecule has 1 amide bonds. The van der Waals surface area contributed by atoms with Gasteiger partial charge >= 0.3 is 11.8 Å². The van der Waals surface area contributed by atoms with Crippen LogP contribution < -0.4 is 5.76 Å². The SMILES string of the molecule is CC[C@H](O)/C=C/[C@H]1COC(=O)N1CCSCCCc1noc(=O)[nH]1. The number of aryl methyl sites for hydroxylation is 1. The quantitative estimate of drug-likeness (QED) is 0.478. The fourth-order valence-corrected chi connectivity index (χ4v) is 3.13. The number of cyclic esters (lactones) is 1. The zero-order valence-electron chi connectivity index (χ0n) is 13.6. The summed E-state index contributed by atoms with van der Waals surface area (Å²) < 4.78 is 9.51. The van der Waals surface area contributed by atoms with Gasteiger partial charge in [-0.2, -0.15) is 11.8 Å². The van der Waals surface area contributed by atoms with E-state index in [0.29, 0.717) is 31.8 Å². The molecule has 0 aromatic carbocycles. The zero-order valence-corrected chi connectivity index (χ0v) is 14.5. The van der Waals surface area contributed by atoms with Gasteiger partial charge in [0.2, 0.25) is 0 Å². The van der Waals surface area contributed by atoms with Gasteiger partial charge in [-0.05, 0) is 18.6 Å². The molecule has 0 unspecified atom stereocenters. The number of nitrogens with one attached hydrogen (secondary N) is 1. The monoisotopic (exact) mass is 357 g/mol. The first kappa shape index (κ1) is 18.6. The molecular formula is C15H23N3O5S. The Kier molecular flexibility index (Phi) is 7.38. The number of amides is 1. The number of hydrogen-bond donors (Lipinski definition) is 2. The van der Waals surface area contributed by atoms with Gasteiger partial charge in [-0.3, -0.25) is 14.4 Å². The normalized spacial score (nSPS) is 19.2. The van der Waals surface area contributed by atoms with Crippen molar-refractivity contribution >= 4 is 17.9 Å². The Morgan fingerprint density at radius 2 is 2.33 bits per heavy atom. The minimum absolute atomic E-state index is 0.112. The predicted octanol–water partition coefficient (Wildman–Crippen LogP) is 1.18. The average molecular weight is 357 g/mol. The summed E-state index contributed by atoms with van der Waals surface area (Å²) >= 11 is 1.73. The van der Waals surface area contributed by atoms with Crippen LogP contribution in [0.25, 0.3) is 0 Å². The number of aromatic amines is 1. The molecule has 9 heteroatoms. The van der Waals surface area contributed by atoms with Crippen LogP contribution in [0.1, 0.15) is 25.6 Å². The molecule has 134 valence electrons. The number of aliphatic hydroxyl groups is 1. The molecule has 2 heterocycles. The van der Waals surface area contributed by atoms with Crippen molar-refractivity contribution in [2.45, 2.75) is 38.3 Å². The standard InChI is InChI=1S/C15H23N3O5S/c1-2-12(19)6-5-11-10-22-15(21)18(11)7-9-24-8-3-4-13-16-14(20)23-17-13/h5-6,11-12,19H,2-4,7-10H2,1H3,(H,16,17,20)/b6-5+/t11-,12-/m0/s1. The van der Waals surface area contributed by atoms with Crippen molar-refractivity contribution in [3.05, 3.63) is 28.5 Å². The van der Waals surface area contributed by atoms with Crippen LogP contribution in [-0.4, -0.2) is 63.0 Å². The molecule has 2 atom stereocenters. The fourth-order valence-electron chi connectivity index (χ4n) is 2.25. The number of hydrogen-bond acceptors (Lipinski definition) is 7. The first-order chi connectivity index (χ1) is 11.6. The number of ether oxygens (including phenoxy) is 1. The largest absolute Gasteiger partial charge is 0.447 e. The second-order valence-electron chi connectivity index (χ2n) is 5.46. The van der Waals surface area contributed by atoms with Gasteiger partial charge in [-0.25, -0.2) is 9.59 Å². The predicted molar refractivity (Wildman–Crippen MR) is 90.0 cm³/mol. The number of thioether (sulfide) groups is 1. The maximum Gasteiger partial charge on any atom is 0.438 e. The highest BCUT2D eigenvalue weighted by Gasteiger charge is 2.30. The van der Waals surface area contributed by atoms with Crippen molar-refractivity contribution in [3.63, 3.8) is 0 Å². The van der Waals surface area contributed by atoms with Gasteiger partial charge in [-0.15, -0.1) is 0 Å². The van der Waals surface area contributed by atoms with Crippen molar-refractivity contribution < 1.29 is 19.2 Å². The number of rotatable bonds is 10. The summed E-state index contributed by atoms with van der Waals surface area (Å²) in [4.78, 5) is 26.7. The van der Waals surface area contributed by atoms with Crippen LogP contribution in [-0.2, 0) is 11.2 Å². The summed E-state index contributed by atoms with van der Waals surface area (Å²) in [5.41, 5.74) is 0. The van der Waals surface area contributed by atoms with Crippen LogP contribution in [0.5, 0.6) is 0 Å². The van der Waals surface area contributed by atoms with Crippen LogP contribution in [0, 0.1) is 0 Å². The molecular weight excluding hydrogens is 334 g/mol. The molecule has 24 heavy (non-hydrogen) atoms. The number of nitrogens with zero attached hydrogens (tertiary/aromatic N) is 2. The van der Waals surface area contributed by atoms with Crippen LogP contribution in [0.2, 0.25) is 0 Å². The molecule has 0 radical (unpaired) electrons. The van der Waals surface area contributed by atoms with E-state index in [1.165, 1.54) is 0 Å². The van der Waals surface area contributed by atoms with E-state index in [1.807, 2.05) is 13.0 Å². The van der Waals surface area contributed by atoms with Crippen molar-refractivity contribution in [2.75, 3.05) is 24.7 Å². The summed E-state index contributed by atoms with van der Waals surface area (Å²) in [5.74, 6) is 1.72. The molecule has 0 aliphatic carbocycles. The van der Waals surface area contributed by atoms with Crippen LogP contribution >= 0.6 is 11.8 Å². The van der Waals surface area contributed by atoms with Crippen molar-refractivity contribution in [2.24, 2.45) is 0 Å². The number of carbonyl (C=O) groups excluding carboxylic acids is 1. The Morgan fingerprint density at radius 3 is 3.04 bits per heavy atom. The van der Waals surface area contributed by atoms with E-state index in [0.717, 1.165) is 17.9 Å². The summed E-state index contributed by atoms with van der Waals surface area (Å²) in [6.45, 7) is 2.83. The molecule has 1 fully saturated rings. The van der Waals surface area contributed by atoms with E-state index >= 15 is 0 Å². The Morgan fingerprint density at radius 1 is 1.50 bits per heavy atom.